The van der Waals surface area contributed by atoms with Gasteiger partial charge >= 0.3 is 0 Å². The molecule has 128 valence electrons. The molecule has 1 aromatic heterocycles. The van der Waals surface area contributed by atoms with Crippen LogP contribution in [0.5, 0.6) is 5.75 Å². The van der Waals surface area contributed by atoms with E-state index in [1.54, 1.807) is 7.11 Å². The highest BCUT2D eigenvalue weighted by molar-refractivity contribution is 5.76. The van der Waals surface area contributed by atoms with Crippen LogP contribution < -0.4 is 4.74 Å². The van der Waals surface area contributed by atoms with Crippen molar-refractivity contribution in [2.75, 3.05) is 20.2 Å². The van der Waals surface area contributed by atoms with E-state index in [4.69, 9.17) is 4.74 Å². The predicted octanol–water partition coefficient (Wildman–Crippen LogP) is 3.00. The van der Waals surface area contributed by atoms with Crippen molar-refractivity contribution in [1.29, 1.82) is 0 Å². The van der Waals surface area contributed by atoms with E-state index in [1.807, 2.05) is 47.0 Å². The molecule has 1 atom stereocenters. The first-order chi connectivity index (χ1) is 11.7. The van der Waals surface area contributed by atoms with Crippen LogP contribution in [0.4, 0.5) is 0 Å². The smallest absolute Gasteiger partial charge is 0.222 e. The molecule has 2 aromatic rings. The average Bonchev–Trinajstić information content (AvgIpc) is 3.06. The van der Waals surface area contributed by atoms with E-state index in [0.717, 1.165) is 42.8 Å². The predicted molar refractivity (Wildman–Crippen MR) is 93.1 cm³/mol. The Bertz CT molecular complexity index is 695. The first-order valence-electron chi connectivity index (χ1n) is 8.58. The minimum atomic E-state index is 0.217. The zero-order valence-corrected chi connectivity index (χ0v) is 14.4. The quantitative estimate of drug-likeness (QED) is 0.848. The SMILES string of the molecule is COc1ccccc1CCC(=O)N1CCCC(n2cc(C)cn2)C1. The van der Waals surface area contributed by atoms with E-state index in [0.29, 0.717) is 18.9 Å². The number of amides is 1. The molecule has 5 nitrogen and oxygen atoms in total. The van der Waals surface area contributed by atoms with Crippen molar-refractivity contribution in [2.24, 2.45) is 0 Å². The average molecular weight is 327 g/mol. The largest absolute Gasteiger partial charge is 0.496 e. The fourth-order valence-electron chi connectivity index (χ4n) is 3.34. The van der Waals surface area contributed by atoms with Gasteiger partial charge in [0, 0.05) is 25.7 Å². The maximum Gasteiger partial charge on any atom is 0.222 e. The molecule has 2 heterocycles. The lowest BCUT2D eigenvalue weighted by molar-refractivity contribution is -0.132. The third-order valence-corrected chi connectivity index (χ3v) is 4.65. The van der Waals surface area contributed by atoms with E-state index in [1.165, 1.54) is 0 Å². The van der Waals surface area contributed by atoms with E-state index in [9.17, 15) is 4.79 Å². The number of aryl methyl sites for hydroxylation is 2. The van der Waals surface area contributed by atoms with Gasteiger partial charge in [0.1, 0.15) is 5.75 Å². The normalized spacial score (nSPS) is 17.8. The first-order valence-corrected chi connectivity index (χ1v) is 8.58. The first kappa shape index (κ1) is 16.6. The molecule has 0 N–H and O–H groups in total. The number of hydrogen-bond acceptors (Lipinski definition) is 3. The minimum absolute atomic E-state index is 0.217. The molecule has 0 aliphatic carbocycles. The summed E-state index contributed by atoms with van der Waals surface area (Å²) in [6.07, 6.45) is 7.29. The van der Waals surface area contributed by atoms with Crippen molar-refractivity contribution in [3.05, 3.63) is 47.8 Å². The lowest BCUT2D eigenvalue weighted by Crippen LogP contribution is -2.40. The van der Waals surface area contributed by atoms with Crippen LogP contribution in [0, 0.1) is 6.92 Å². The van der Waals surface area contributed by atoms with Crippen LogP contribution in [0.25, 0.3) is 0 Å². The van der Waals surface area contributed by atoms with Crippen LogP contribution in [-0.2, 0) is 11.2 Å². The molecule has 1 saturated heterocycles. The van der Waals surface area contributed by atoms with Gasteiger partial charge in [0.15, 0.2) is 0 Å². The van der Waals surface area contributed by atoms with Crippen molar-refractivity contribution in [3.63, 3.8) is 0 Å². The van der Waals surface area contributed by atoms with Crippen LogP contribution >= 0.6 is 0 Å². The summed E-state index contributed by atoms with van der Waals surface area (Å²) in [5.74, 6) is 1.07. The van der Waals surface area contributed by atoms with Crippen LogP contribution in [0.3, 0.4) is 0 Å². The maximum atomic E-state index is 12.6. The second kappa shape index (κ2) is 7.51. The lowest BCUT2D eigenvalue weighted by Gasteiger charge is -2.33. The Labute approximate surface area is 143 Å². The Morgan fingerprint density at radius 1 is 1.38 bits per heavy atom. The van der Waals surface area contributed by atoms with Crippen LogP contribution in [0.1, 0.15) is 36.4 Å². The number of rotatable bonds is 5. The summed E-state index contributed by atoms with van der Waals surface area (Å²) in [7, 11) is 1.67. The molecule has 5 heteroatoms. The number of carbonyl (C=O) groups is 1. The minimum Gasteiger partial charge on any atom is -0.496 e. The van der Waals surface area contributed by atoms with Gasteiger partial charge in [-0.3, -0.25) is 9.48 Å². The van der Waals surface area contributed by atoms with Crippen molar-refractivity contribution < 1.29 is 9.53 Å². The number of ether oxygens (including phenoxy) is 1. The second-order valence-corrected chi connectivity index (χ2v) is 6.45. The summed E-state index contributed by atoms with van der Waals surface area (Å²) in [5, 5.41) is 4.41. The molecule has 1 aromatic carbocycles. The molecule has 1 aliphatic heterocycles. The Morgan fingerprint density at radius 2 is 2.21 bits per heavy atom. The van der Waals surface area contributed by atoms with Crippen molar-refractivity contribution in [1.82, 2.24) is 14.7 Å². The number of benzene rings is 1. The van der Waals surface area contributed by atoms with Gasteiger partial charge in [-0.2, -0.15) is 5.10 Å². The fourth-order valence-corrected chi connectivity index (χ4v) is 3.34. The number of para-hydroxylation sites is 1. The lowest BCUT2D eigenvalue weighted by atomic mass is 10.0. The Kier molecular flexibility index (Phi) is 5.18. The van der Waals surface area contributed by atoms with Gasteiger partial charge in [0.25, 0.3) is 0 Å². The van der Waals surface area contributed by atoms with E-state index in [-0.39, 0.29) is 5.91 Å². The summed E-state index contributed by atoms with van der Waals surface area (Å²) >= 11 is 0. The second-order valence-electron chi connectivity index (χ2n) is 6.45. The van der Waals surface area contributed by atoms with Gasteiger partial charge < -0.3 is 9.64 Å². The summed E-state index contributed by atoms with van der Waals surface area (Å²) < 4.78 is 7.37. The zero-order valence-electron chi connectivity index (χ0n) is 14.4. The molecule has 0 saturated carbocycles. The Balaban J connectivity index is 1.58. The van der Waals surface area contributed by atoms with Crippen LogP contribution in [-0.4, -0.2) is 40.8 Å². The number of piperidine rings is 1. The molecule has 0 spiro atoms. The molecule has 24 heavy (non-hydrogen) atoms. The van der Waals surface area contributed by atoms with Gasteiger partial charge in [-0.25, -0.2) is 0 Å². The Morgan fingerprint density at radius 3 is 2.96 bits per heavy atom. The standard InChI is InChI=1S/C19H25N3O2/c1-15-12-20-22(13-15)17-7-5-11-21(14-17)19(23)10-9-16-6-3-4-8-18(16)24-2/h3-4,6,8,12-13,17H,5,7,9-11,14H2,1-2H3. The van der Waals surface area contributed by atoms with Crippen LogP contribution in [0.2, 0.25) is 0 Å². The van der Waals surface area contributed by atoms with Gasteiger partial charge in [0.05, 0.1) is 19.3 Å². The third kappa shape index (κ3) is 3.78. The van der Waals surface area contributed by atoms with Gasteiger partial charge in [0.2, 0.25) is 5.91 Å². The molecule has 0 radical (unpaired) electrons. The molecule has 1 amide bonds. The molecule has 1 unspecified atom stereocenters. The zero-order chi connectivity index (χ0) is 16.9. The van der Waals surface area contributed by atoms with E-state index in [2.05, 4.69) is 11.3 Å². The van der Waals surface area contributed by atoms with E-state index < -0.39 is 0 Å². The maximum absolute atomic E-state index is 12.6. The summed E-state index contributed by atoms with van der Waals surface area (Å²) in [5.41, 5.74) is 2.25. The van der Waals surface area contributed by atoms with Gasteiger partial charge in [-0.05, 0) is 43.4 Å². The van der Waals surface area contributed by atoms with Crippen LogP contribution in [0.15, 0.2) is 36.7 Å². The number of hydrogen-bond donors (Lipinski definition) is 0. The Hall–Kier alpha value is -2.30. The summed E-state index contributed by atoms with van der Waals surface area (Å²) in [4.78, 5) is 14.6. The number of aromatic nitrogens is 2. The summed E-state index contributed by atoms with van der Waals surface area (Å²) in [6, 6.07) is 8.20. The molecular weight excluding hydrogens is 302 g/mol. The van der Waals surface area contributed by atoms with Crippen molar-refractivity contribution in [2.45, 2.75) is 38.6 Å². The highest BCUT2D eigenvalue weighted by Crippen LogP contribution is 2.23. The van der Waals surface area contributed by atoms with Crippen molar-refractivity contribution >= 4 is 5.91 Å². The molecule has 0 bridgehead atoms. The number of nitrogens with zero attached hydrogens (tertiary/aromatic N) is 3. The molecule has 1 aliphatic rings. The topological polar surface area (TPSA) is 47.4 Å². The fraction of sp³-hybridized carbons (Fsp3) is 0.474. The number of carbonyl (C=O) groups excluding carboxylic acids is 1. The number of likely N-dealkylation sites (tertiary alicyclic amines) is 1. The van der Waals surface area contributed by atoms with Crippen molar-refractivity contribution in [3.8, 4) is 5.75 Å². The monoisotopic (exact) mass is 327 g/mol. The third-order valence-electron chi connectivity index (χ3n) is 4.65. The van der Waals surface area contributed by atoms with E-state index >= 15 is 0 Å². The summed E-state index contributed by atoms with van der Waals surface area (Å²) in [6.45, 7) is 3.65. The molecule has 3 rings (SSSR count). The van der Waals surface area contributed by atoms with Gasteiger partial charge in [-0.1, -0.05) is 18.2 Å². The van der Waals surface area contributed by atoms with Gasteiger partial charge in [-0.15, -0.1) is 0 Å². The molecule has 1 fully saturated rings. The highest BCUT2D eigenvalue weighted by Gasteiger charge is 2.25. The highest BCUT2D eigenvalue weighted by atomic mass is 16.5. The number of methoxy groups -OCH3 is 1. The molecular formula is C19H25N3O2.